The quantitative estimate of drug-likeness (QED) is 0.625. The van der Waals surface area contributed by atoms with E-state index in [-0.39, 0.29) is 17.3 Å². The molecule has 1 saturated carbocycles. The van der Waals surface area contributed by atoms with Crippen molar-refractivity contribution >= 4 is 11.8 Å². The molecule has 2 heterocycles. The van der Waals surface area contributed by atoms with Crippen LogP contribution in [0.1, 0.15) is 36.8 Å². The molecule has 1 aliphatic carbocycles. The molecule has 4 heteroatoms. The summed E-state index contributed by atoms with van der Waals surface area (Å²) in [4.78, 5) is 26.1. The van der Waals surface area contributed by atoms with E-state index in [1.807, 2.05) is 0 Å². The number of rotatable bonds is 4. The van der Waals surface area contributed by atoms with Gasteiger partial charge >= 0.3 is 5.97 Å². The van der Waals surface area contributed by atoms with Gasteiger partial charge in [-0.05, 0) is 30.4 Å². The monoisotopic (exact) mass is 339 g/mol. The summed E-state index contributed by atoms with van der Waals surface area (Å²) in [5.74, 6) is 0.623. The summed E-state index contributed by atoms with van der Waals surface area (Å²) in [6.45, 7) is 7.26. The Morgan fingerprint density at radius 2 is 1.80 bits per heavy atom. The van der Waals surface area contributed by atoms with Crippen LogP contribution in [0.3, 0.4) is 0 Å². The van der Waals surface area contributed by atoms with Gasteiger partial charge in [0, 0.05) is 38.4 Å². The second-order valence-electron chi connectivity index (χ2n) is 7.89. The number of Topliss-reactive ketones (excluding diaryl/α,β-unsaturated/α-hetero) is 1. The van der Waals surface area contributed by atoms with Gasteiger partial charge in [-0.1, -0.05) is 36.4 Å². The van der Waals surface area contributed by atoms with Gasteiger partial charge in [0.25, 0.3) is 0 Å². The van der Waals surface area contributed by atoms with E-state index in [2.05, 4.69) is 35.7 Å². The molecule has 1 aromatic carbocycles. The van der Waals surface area contributed by atoms with Crippen LogP contribution in [0.4, 0.5) is 0 Å². The summed E-state index contributed by atoms with van der Waals surface area (Å²) in [6.07, 6.45) is 3.77. The number of hydrogen-bond acceptors (Lipinski definition) is 4. The van der Waals surface area contributed by atoms with E-state index in [1.165, 1.54) is 16.7 Å². The predicted molar refractivity (Wildman–Crippen MR) is 94.9 cm³/mol. The van der Waals surface area contributed by atoms with Crippen molar-refractivity contribution < 1.29 is 14.3 Å². The number of carbonyl (C=O) groups excluding carboxylic acids is 2. The highest BCUT2D eigenvalue weighted by molar-refractivity contribution is 5.81. The van der Waals surface area contributed by atoms with Gasteiger partial charge in [0.15, 0.2) is 0 Å². The second kappa shape index (κ2) is 6.41. The van der Waals surface area contributed by atoms with Crippen molar-refractivity contribution in [3.05, 3.63) is 47.5 Å². The topological polar surface area (TPSA) is 46.6 Å². The minimum Gasteiger partial charge on any atom is -0.465 e. The van der Waals surface area contributed by atoms with E-state index in [9.17, 15) is 9.59 Å². The fraction of sp³-hybridized carbons (Fsp3) is 0.524. The molecule has 4 rings (SSSR count). The minimum atomic E-state index is -0.383. The molecule has 3 aliphatic rings. The molecule has 0 N–H and O–H groups in total. The zero-order valence-electron chi connectivity index (χ0n) is 14.6. The highest BCUT2D eigenvalue weighted by Gasteiger charge is 2.55. The molecule has 0 bridgehead atoms. The highest BCUT2D eigenvalue weighted by Crippen LogP contribution is 2.52. The Balaban J connectivity index is 1.43. The van der Waals surface area contributed by atoms with Crippen molar-refractivity contribution in [2.45, 2.75) is 38.6 Å². The summed E-state index contributed by atoms with van der Waals surface area (Å²) >= 11 is 0. The summed E-state index contributed by atoms with van der Waals surface area (Å²) in [6, 6.07) is 8.59. The molecule has 132 valence electrons. The first-order valence-electron chi connectivity index (χ1n) is 9.21. The van der Waals surface area contributed by atoms with Crippen molar-refractivity contribution in [1.82, 2.24) is 4.90 Å². The number of esters is 1. The van der Waals surface area contributed by atoms with Crippen LogP contribution in [-0.2, 0) is 27.3 Å². The average molecular weight is 339 g/mol. The van der Waals surface area contributed by atoms with Crippen molar-refractivity contribution in [3.8, 4) is 0 Å². The lowest BCUT2D eigenvalue weighted by atomic mass is 9.75. The van der Waals surface area contributed by atoms with Crippen molar-refractivity contribution in [1.29, 1.82) is 0 Å². The Kier molecular flexibility index (Phi) is 4.24. The molecule has 25 heavy (non-hydrogen) atoms. The normalized spacial score (nSPS) is 29.8. The van der Waals surface area contributed by atoms with E-state index >= 15 is 0 Å². The maximum Gasteiger partial charge on any atom is 0.313 e. The zero-order chi connectivity index (χ0) is 17.4. The van der Waals surface area contributed by atoms with E-state index in [4.69, 9.17) is 4.74 Å². The number of ketones is 1. The number of benzene rings is 1. The number of fused-ring (bicyclic) bond motifs is 1. The van der Waals surface area contributed by atoms with E-state index in [0.717, 1.165) is 38.9 Å². The first-order valence-corrected chi connectivity index (χ1v) is 9.21. The fourth-order valence-corrected chi connectivity index (χ4v) is 4.61. The molecule has 0 amide bonds. The van der Waals surface area contributed by atoms with Crippen LogP contribution in [0.25, 0.3) is 0 Å². The van der Waals surface area contributed by atoms with E-state index in [1.54, 1.807) is 0 Å². The third-order valence-electron chi connectivity index (χ3n) is 6.07. The molecule has 2 unspecified atom stereocenters. The SMILES string of the molecule is C=C1CC2COC(=O)C2(Cc2ccc(CN3CCC(=O)CC3)cc2)C1. The second-order valence-corrected chi connectivity index (χ2v) is 7.89. The molecular weight excluding hydrogens is 314 g/mol. The third kappa shape index (κ3) is 3.15. The van der Waals surface area contributed by atoms with Gasteiger partial charge in [-0.15, -0.1) is 0 Å². The number of piperidine rings is 1. The first kappa shape index (κ1) is 16.5. The van der Waals surface area contributed by atoms with Gasteiger partial charge in [0.05, 0.1) is 12.0 Å². The number of nitrogens with zero attached hydrogens (tertiary/aromatic N) is 1. The fourth-order valence-electron chi connectivity index (χ4n) is 4.61. The molecule has 4 nitrogen and oxygen atoms in total. The lowest BCUT2D eigenvalue weighted by Gasteiger charge is -2.26. The van der Waals surface area contributed by atoms with Crippen LogP contribution in [0.2, 0.25) is 0 Å². The zero-order valence-corrected chi connectivity index (χ0v) is 14.6. The predicted octanol–water partition coefficient (Wildman–Crippen LogP) is 2.90. The van der Waals surface area contributed by atoms with Crippen LogP contribution in [0.5, 0.6) is 0 Å². The smallest absolute Gasteiger partial charge is 0.313 e. The van der Waals surface area contributed by atoms with Crippen LogP contribution >= 0.6 is 0 Å². The van der Waals surface area contributed by atoms with Crippen LogP contribution in [-0.4, -0.2) is 36.3 Å². The number of likely N-dealkylation sites (tertiary alicyclic amines) is 1. The lowest BCUT2D eigenvalue weighted by Crippen LogP contribution is -2.33. The van der Waals surface area contributed by atoms with Gasteiger partial charge in [-0.3, -0.25) is 14.5 Å². The Morgan fingerprint density at radius 1 is 1.12 bits per heavy atom. The summed E-state index contributed by atoms with van der Waals surface area (Å²) in [5.41, 5.74) is 3.25. The lowest BCUT2D eigenvalue weighted by molar-refractivity contribution is -0.146. The van der Waals surface area contributed by atoms with E-state index < -0.39 is 0 Å². The molecule has 3 fully saturated rings. The standard InChI is InChI=1S/C21H25NO3/c1-15-10-18-14-25-20(24)21(18,11-15)12-16-2-4-17(5-3-16)13-22-8-6-19(23)7-9-22/h2-5,18H,1,6-14H2. The number of allylic oxidation sites excluding steroid dienone is 1. The Labute approximate surface area is 148 Å². The van der Waals surface area contributed by atoms with Crippen LogP contribution in [0, 0.1) is 11.3 Å². The Morgan fingerprint density at radius 3 is 2.52 bits per heavy atom. The van der Waals surface area contributed by atoms with Crippen molar-refractivity contribution in [3.63, 3.8) is 0 Å². The largest absolute Gasteiger partial charge is 0.465 e. The number of hydrogen-bond donors (Lipinski definition) is 0. The van der Waals surface area contributed by atoms with Gasteiger partial charge < -0.3 is 4.74 Å². The molecule has 0 aromatic heterocycles. The molecule has 2 atom stereocenters. The maximum atomic E-state index is 12.4. The van der Waals surface area contributed by atoms with E-state index in [0.29, 0.717) is 25.2 Å². The number of ether oxygens (including phenoxy) is 1. The summed E-state index contributed by atoms with van der Waals surface area (Å²) in [5, 5.41) is 0. The summed E-state index contributed by atoms with van der Waals surface area (Å²) in [7, 11) is 0. The molecular formula is C21H25NO3. The Bertz CT molecular complexity index is 698. The van der Waals surface area contributed by atoms with Gasteiger partial charge in [-0.25, -0.2) is 0 Å². The van der Waals surface area contributed by atoms with Crippen LogP contribution < -0.4 is 0 Å². The van der Waals surface area contributed by atoms with Gasteiger partial charge in [0.2, 0.25) is 0 Å². The molecule has 0 radical (unpaired) electrons. The average Bonchev–Trinajstić information content (AvgIpc) is 3.06. The number of carbonyl (C=O) groups is 2. The van der Waals surface area contributed by atoms with Gasteiger partial charge in [0.1, 0.15) is 5.78 Å². The number of cyclic esters (lactones) is 1. The van der Waals surface area contributed by atoms with Crippen LogP contribution in [0.15, 0.2) is 36.4 Å². The minimum absolute atomic E-state index is 0.0433. The maximum absolute atomic E-state index is 12.4. The van der Waals surface area contributed by atoms with Crippen molar-refractivity contribution in [2.24, 2.45) is 11.3 Å². The Hall–Kier alpha value is -1.94. The molecule has 2 aliphatic heterocycles. The van der Waals surface area contributed by atoms with Gasteiger partial charge in [-0.2, -0.15) is 0 Å². The van der Waals surface area contributed by atoms with Crippen molar-refractivity contribution in [2.75, 3.05) is 19.7 Å². The first-order chi connectivity index (χ1) is 12.0. The highest BCUT2D eigenvalue weighted by atomic mass is 16.5. The molecule has 0 spiro atoms. The molecule has 2 saturated heterocycles. The molecule has 1 aromatic rings. The third-order valence-corrected chi connectivity index (χ3v) is 6.07. The summed E-state index contributed by atoms with van der Waals surface area (Å²) < 4.78 is 5.36.